The van der Waals surface area contributed by atoms with Crippen LogP contribution < -0.4 is 0 Å². The Hall–Kier alpha value is -3.38. The first-order valence-electron chi connectivity index (χ1n) is 11.7. The van der Waals surface area contributed by atoms with E-state index < -0.39 is 0 Å². The molecule has 2 aliphatic rings. The maximum atomic E-state index is 2.44. The molecule has 7 rings (SSSR count). The highest BCUT2D eigenvalue weighted by molar-refractivity contribution is 6.22. The van der Waals surface area contributed by atoms with Crippen LogP contribution in [0.25, 0.3) is 54.2 Å². The SMILES string of the molecule is CC1=C(C)c2cc3c(ccc4c3ccc3c5cc6c(cc5ccc34)CC(C)=C6C)cc2C1. The Labute approximate surface area is 188 Å². The quantitative estimate of drug-likeness (QED) is 0.223. The van der Waals surface area contributed by atoms with Crippen LogP contribution in [-0.4, -0.2) is 0 Å². The molecule has 0 radical (unpaired) electrons. The number of rotatable bonds is 0. The summed E-state index contributed by atoms with van der Waals surface area (Å²) >= 11 is 0. The van der Waals surface area contributed by atoms with Gasteiger partial charge in [0.1, 0.15) is 0 Å². The first kappa shape index (κ1) is 18.2. The molecule has 0 aliphatic heterocycles. The number of fused-ring (bicyclic) bond motifs is 9. The second kappa shape index (κ2) is 6.11. The lowest BCUT2D eigenvalue weighted by Gasteiger charge is -2.13. The minimum atomic E-state index is 1.09. The third-order valence-electron chi connectivity index (χ3n) is 8.28. The standard InChI is InChI=1S/C32H26/c1-17-11-23-13-21-5-7-25-26-8-6-22-14-24-12-18(2)20(4)30(24)16-32(22)28(26)10-9-27(25)31(21)15-29(23)19(17)3/h5-10,13-16H,11-12H2,1-4H3. The molecule has 0 saturated heterocycles. The van der Waals surface area contributed by atoms with E-state index in [2.05, 4.69) is 88.4 Å². The van der Waals surface area contributed by atoms with Gasteiger partial charge in [0, 0.05) is 0 Å². The van der Waals surface area contributed by atoms with Gasteiger partial charge in [0.25, 0.3) is 0 Å². The molecule has 5 aromatic rings. The zero-order valence-corrected chi connectivity index (χ0v) is 19.2. The Balaban J connectivity index is 1.55. The van der Waals surface area contributed by atoms with Crippen molar-refractivity contribution in [3.8, 4) is 0 Å². The van der Waals surface area contributed by atoms with E-state index in [9.17, 15) is 0 Å². The Bertz CT molecular complexity index is 1610. The predicted molar refractivity (Wildman–Crippen MR) is 140 cm³/mol. The van der Waals surface area contributed by atoms with E-state index in [4.69, 9.17) is 0 Å². The second-order valence-electron chi connectivity index (χ2n) is 10.0. The van der Waals surface area contributed by atoms with E-state index in [1.807, 2.05) is 0 Å². The van der Waals surface area contributed by atoms with Crippen molar-refractivity contribution in [2.45, 2.75) is 40.5 Å². The van der Waals surface area contributed by atoms with E-state index in [0.717, 1.165) is 12.8 Å². The van der Waals surface area contributed by atoms with Gasteiger partial charge >= 0.3 is 0 Å². The van der Waals surface area contributed by atoms with Crippen molar-refractivity contribution in [1.82, 2.24) is 0 Å². The summed E-state index contributed by atoms with van der Waals surface area (Å²) in [6.45, 7) is 9.09. The van der Waals surface area contributed by atoms with Crippen LogP contribution in [0.15, 0.2) is 71.8 Å². The van der Waals surface area contributed by atoms with E-state index in [0.29, 0.717) is 0 Å². The zero-order valence-electron chi connectivity index (χ0n) is 19.2. The second-order valence-corrected chi connectivity index (χ2v) is 10.0. The molecular weight excluding hydrogens is 384 g/mol. The van der Waals surface area contributed by atoms with Gasteiger partial charge in [-0.3, -0.25) is 0 Å². The molecule has 0 bridgehead atoms. The molecule has 0 heterocycles. The smallest absolute Gasteiger partial charge is 0.00577 e. The van der Waals surface area contributed by atoms with Gasteiger partial charge < -0.3 is 0 Å². The van der Waals surface area contributed by atoms with Crippen LogP contribution in [0.1, 0.15) is 49.9 Å². The van der Waals surface area contributed by atoms with Crippen molar-refractivity contribution in [3.05, 3.63) is 94.1 Å². The van der Waals surface area contributed by atoms with Gasteiger partial charge in [0.05, 0.1) is 0 Å². The lowest BCUT2D eigenvalue weighted by molar-refractivity contribution is 1.20. The summed E-state index contributed by atoms with van der Waals surface area (Å²) in [5.41, 5.74) is 11.8. The van der Waals surface area contributed by atoms with Gasteiger partial charge in [0.2, 0.25) is 0 Å². The molecule has 0 amide bonds. The molecule has 0 unspecified atom stereocenters. The third kappa shape index (κ3) is 2.28. The molecule has 0 saturated carbocycles. The monoisotopic (exact) mass is 410 g/mol. The van der Waals surface area contributed by atoms with Crippen molar-refractivity contribution >= 4 is 54.2 Å². The van der Waals surface area contributed by atoms with Crippen LogP contribution in [0.3, 0.4) is 0 Å². The Morgan fingerprint density at radius 1 is 0.438 bits per heavy atom. The fourth-order valence-corrected chi connectivity index (χ4v) is 6.17. The van der Waals surface area contributed by atoms with Gasteiger partial charge in [-0.2, -0.15) is 0 Å². The number of hydrogen-bond acceptors (Lipinski definition) is 0. The number of allylic oxidation sites excluding steroid dienone is 4. The number of hydrogen-bond donors (Lipinski definition) is 0. The molecule has 5 aromatic carbocycles. The van der Waals surface area contributed by atoms with E-state index in [-0.39, 0.29) is 0 Å². The van der Waals surface area contributed by atoms with Crippen molar-refractivity contribution in [2.24, 2.45) is 0 Å². The van der Waals surface area contributed by atoms with Crippen LogP contribution >= 0.6 is 0 Å². The molecule has 0 spiro atoms. The average molecular weight is 411 g/mol. The van der Waals surface area contributed by atoms with Crippen LogP contribution in [0, 0.1) is 0 Å². The van der Waals surface area contributed by atoms with Crippen LogP contribution in [0.5, 0.6) is 0 Å². The fraction of sp³-hybridized carbons (Fsp3) is 0.188. The molecule has 0 fully saturated rings. The maximum absolute atomic E-state index is 2.44. The first-order chi connectivity index (χ1) is 15.5. The van der Waals surface area contributed by atoms with Gasteiger partial charge in [0.15, 0.2) is 0 Å². The Kier molecular flexibility index (Phi) is 3.48. The molecule has 0 N–H and O–H groups in total. The van der Waals surface area contributed by atoms with Crippen molar-refractivity contribution in [1.29, 1.82) is 0 Å². The van der Waals surface area contributed by atoms with Crippen LogP contribution in [-0.2, 0) is 12.8 Å². The summed E-state index contributed by atoms with van der Waals surface area (Å²) in [6.07, 6.45) is 2.19. The van der Waals surface area contributed by atoms with Gasteiger partial charge in [-0.05, 0) is 129 Å². The fourth-order valence-electron chi connectivity index (χ4n) is 6.17. The van der Waals surface area contributed by atoms with E-state index in [1.165, 1.54) is 87.6 Å². The van der Waals surface area contributed by atoms with Crippen molar-refractivity contribution in [2.75, 3.05) is 0 Å². The number of benzene rings is 5. The summed E-state index contributed by atoms with van der Waals surface area (Å²) in [6, 6.07) is 23.7. The summed E-state index contributed by atoms with van der Waals surface area (Å²) in [5, 5.41) is 10.9. The molecule has 0 atom stereocenters. The molecular formula is C32H26. The minimum absolute atomic E-state index is 1.09. The Morgan fingerprint density at radius 3 is 1.25 bits per heavy atom. The van der Waals surface area contributed by atoms with Gasteiger partial charge in [-0.1, -0.05) is 59.7 Å². The van der Waals surface area contributed by atoms with Crippen molar-refractivity contribution < 1.29 is 0 Å². The molecule has 154 valence electrons. The first-order valence-corrected chi connectivity index (χ1v) is 11.7. The lowest BCUT2D eigenvalue weighted by Crippen LogP contribution is -1.89. The molecule has 0 nitrogen and oxygen atoms in total. The molecule has 0 heteroatoms. The van der Waals surface area contributed by atoms with E-state index >= 15 is 0 Å². The summed E-state index contributed by atoms with van der Waals surface area (Å²) in [5.74, 6) is 0. The molecule has 2 aliphatic carbocycles. The highest BCUT2D eigenvalue weighted by Crippen LogP contribution is 2.41. The zero-order chi connectivity index (χ0) is 21.7. The summed E-state index contributed by atoms with van der Waals surface area (Å²) in [7, 11) is 0. The highest BCUT2D eigenvalue weighted by atomic mass is 14.2. The topological polar surface area (TPSA) is 0 Å². The maximum Gasteiger partial charge on any atom is -0.00577 e. The molecule has 32 heavy (non-hydrogen) atoms. The van der Waals surface area contributed by atoms with Gasteiger partial charge in [-0.25, -0.2) is 0 Å². The largest absolute Gasteiger partial charge is 0.0654 e. The van der Waals surface area contributed by atoms with Crippen LogP contribution in [0.2, 0.25) is 0 Å². The molecule has 0 aromatic heterocycles. The average Bonchev–Trinajstić information content (AvgIpc) is 3.24. The van der Waals surface area contributed by atoms with Gasteiger partial charge in [-0.15, -0.1) is 0 Å². The lowest BCUT2D eigenvalue weighted by atomic mass is 9.91. The predicted octanol–water partition coefficient (Wildman–Crippen LogP) is 9.00. The summed E-state index contributed by atoms with van der Waals surface area (Å²) in [4.78, 5) is 0. The normalized spacial score (nSPS) is 15.6. The van der Waals surface area contributed by atoms with Crippen LogP contribution in [0.4, 0.5) is 0 Å². The minimum Gasteiger partial charge on any atom is -0.0654 e. The Morgan fingerprint density at radius 2 is 0.812 bits per heavy atom. The third-order valence-corrected chi connectivity index (χ3v) is 8.28. The van der Waals surface area contributed by atoms with E-state index in [1.54, 1.807) is 0 Å². The summed E-state index contributed by atoms with van der Waals surface area (Å²) < 4.78 is 0. The van der Waals surface area contributed by atoms with Crippen molar-refractivity contribution in [3.63, 3.8) is 0 Å². The highest BCUT2D eigenvalue weighted by Gasteiger charge is 2.19.